The zero-order valence-corrected chi connectivity index (χ0v) is 10.8. The molecule has 88 valence electrons. The molecule has 2 rings (SSSR count). The van der Waals surface area contributed by atoms with E-state index in [1.165, 1.54) is 0 Å². The molecule has 0 radical (unpaired) electrons. The highest BCUT2D eigenvalue weighted by molar-refractivity contribution is 6.31. The lowest BCUT2D eigenvalue weighted by atomic mass is 10.2. The molecule has 0 saturated carbocycles. The largest absolute Gasteiger partial charge is 0.354 e. The first-order chi connectivity index (χ1) is 8.16. The number of aromatic nitrogens is 2. The molecule has 1 aromatic heterocycles. The average Bonchev–Trinajstić information content (AvgIpc) is 2.33. The Hall–Kier alpha value is -1.32. The van der Waals surface area contributed by atoms with Gasteiger partial charge >= 0.3 is 0 Å². The Labute approximate surface area is 110 Å². The zero-order valence-electron chi connectivity index (χ0n) is 9.27. The van der Waals surface area contributed by atoms with Crippen molar-refractivity contribution in [2.24, 2.45) is 0 Å². The van der Waals surface area contributed by atoms with Crippen molar-refractivity contribution in [1.29, 1.82) is 0 Å². The van der Waals surface area contributed by atoms with Crippen molar-refractivity contribution in [3.8, 4) is 0 Å². The number of benzene rings is 1. The van der Waals surface area contributed by atoms with Crippen molar-refractivity contribution in [2.45, 2.75) is 6.54 Å². The zero-order chi connectivity index (χ0) is 12.3. The van der Waals surface area contributed by atoms with Crippen LogP contribution in [0.4, 0.5) is 5.82 Å². The second-order valence-corrected chi connectivity index (χ2v) is 4.46. The Morgan fingerprint density at radius 3 is 2.47 bits per heavy atom. The minimum atomic E-state index is 0.389. The molecule has 0 aliphatic heterocycles. The molecule has 2 aromatic rings. The molecular weight excluding hydrogens is 257 g/mol. The van der Waals surface area contributed by atoms with E-state index in [1.54, 1.807) is 6.07 Å². The number of halogens is 2. The average molecular weight is 268 g/mol. The van der Waals surface area contributed by atoms with Gasteiger partial charge in [-0.2, -0.15) is 0 Å². The summed E-state index contributed by atoms with van der Waals surface area (Å²) in [6.45, 7) is 0.677. The maximum absolute atomic E-state index is 6.10. The molecule has 0 bridgehead atoms. The summed E-state index contributed by atoms with van der Waals surface area (Å²) >= 11 is 11.8. The second-order valence-electron chi connectivity index (χ2n) is 3.66. The number of hydrogen-bond acceptors (Lipinski definition) is 3. The second kappa shape index (κ2) is 5.34. The van der Waals surface area contributed by atoms with E-state index in [0.717, 1.165) is 16.4 Å². The van der Waals surface area contributed by atoms with Gasteiger partial charge in [0, 0.05) is 18.6 Å². The Bertz CT molecular complexity index is 499. The molecule has 0 aliphatic rings. The van der Waals surface area contributed by atoms with Crippen LogP contribution in [0.1, 0.15) is 5.56 Å². The van der Waals surface area contributed by atoms with Gasteiger partial charge in [0.25, 0.3) is 0 Å². The molecule has 0 aliphatic carbocycles. The van der Waals surface area contributed by atoms with Crippen LogP contribution in [-0.2, 0) is 6.54 Å². The molecule has 0 atom stereocenters. The smallest absolute Gasteiger partial charge is 0.151 e. The first-order valence-corrected chi connectivity index (χ1v) is 5.86. The van der Waals surface area contributed by atoms with Crippen molar-refractivity contribution in [2.75, 3.05) is 11.9 Å². The first kappa shape index (κ1) is 12.1. The molecular formula is C12H11Cl2N3. The van der Waals surface area contributed by atoms with Crippen LogP contribution in [-0.4, -0.2) is 17.2 Å². The topological polar surface area (TPSA) is 29.0 Å². The molecule has 0 fully saturated rings. The van der Waals surface area contributed by atoms with Crippen LogP contribution in [0.3, 0.4) is 0 Å². The summed E-state index contributed by atoms with van der Waals surface area (Å²) in [6.07, 6.45) is 0. The highest BCUT2D eigenvalue weighted by atomic mass is 35.5. The first-order valence-electron chi connectivity index (χ1n) is 5.10. The third kappa shape index (κ3) is 3.08. The van der Waals surface area contributed by atoms with E-state index in [1.807, 2.05) is 42.3 Å². The predicted molar refractivity (Wildman–Crippen MR) is 70.6 cm³/mol. The molecule has 0 unspecified atom stereocenters. The summed E-state index contributed by atoms with van der Waals surface area (Å²) in [5.41, 5.74) is 1.05. The van der Waals surface area contributed by atoms with Crippen LogP contribution in [0.5, 0.6) is 0 Å². The van der Waals surface area contributed by atoms with E-state index in [9.17, 15) is 0 Å². The predicted octanol–water partition coefficient (Wildman–Crippen LogP) is 3.42. The van der Waals surface area contributed by atoms with E-state index in [4.69, 9.17) is 23.2 Å². The van der Waals surface area contributed by atoms with Gasteiger partial charge in [-0.05, 0) is 23.8 Å². The summed E-state index contributed by atoms with van der Waals surface area (Å²) in [7, 11) is 1.93. The summed E-state index contributed by atoms with van der Waals surface area (Å²) in [6, 6.07) is 11.3. The fraction of sp³-hybridized carbons (Fsp3) is 0.167. The van der Waals surface area contributed by atoms with Gasteiger partial charge in [-0.1, -0.05) is 41.4 Å². The summed E-state index contributed by atoms with van der Waals surface area (Å²) < 4.78 is 0. The monoisotopic (exact) mass is 267 g/mol. The summed E-state index contributed by atoms with van der Waals surface area (Å²) in [4.78, 5) is 1.96. The Morgan fingerprint density at radius 2 is 1.82 bits per heavy atom. The third-order valence-electron chi connectivity index (χ3n) is 2.37. The Balaban J connectivity index is 2.14. The molecule has 1 aromatic carbocycles. The van der Waals surface area contributed by atoms with E-state index in [2.05, 4.69) is 10.2 Å². The number of nitrogens with zero attached hydrogens (tertiary/aromatic N) is 3. The molecule has 1 heterocycles. The minimum Gasteiger partial charge on any atom is -0.354 e. The lowest BCUT2D eigenvalue weighted by molar-refractivity contribution is 0.867. The van der Waals surface area contributed by atoms with Crippen molar-refractivity contribution in [1.82, 2.24) is 10.2 Å². The van der Waals surface area contributed by atoms with E-state index >= 15 is 0 Å². The van der Waals surface area contributed by atoms with Crippen LogP contribution in [0, 0.1) is 0 Å². The molecule has 0 saturated heterocycles. The molecule has 3 nitrogen and oxygen atoms in total. The number of rotatable bonds is 3. The van der Waals surface area contributed by atoms with Gasteiger partial charge < -0.3 is 4.90 Å². The highest BCUT2D eigenvalue weighted by Gasteiger charge is 2.06. The number of anilines is 1. The van der Waals surface area contributed by atoms with Crippen molar-refractivity contribution < 1.29 is 0 Å². The van der Waals surface area contributed by atoms with Crippen molar-refractivity contribution in [3.63, 3.8) is 0 Å². The van der Waals surface area contributed by atoms with Gasteiger partial charge in [-0.15, -0.1) is 10.2 Å². The maximum Gasteiger partial charge on any atom is 0.151 e. The van der Waals surface area contributed by atoms with Gasteiger partial charge in [-0.25, -0.2) is 0 Å². The SMILES string of the molecule is CN(Cc1ccccc1Cl)c1ccc(Cl)nn1. The number of hydrogen-bond donors (Lipinski definition) is 0. The molecule has 0 spiro atoms. The fourth-order valence-corrected chi connectivity index (χ4v) is 1.77. The third-order valence-corrected chi connectivity index (χ3v) is 2.94. The molecule has 0 N–H and O–H groups in total. The van der Waals surface area contributed by atoms with Crippen molar-refractivity contribution >= 4 is 29.0 Å². The molecule has 0 amide bonds. The standard InChI is InChI=1S/C12H11Cl2N3/c1-17(12-7-6-11(14)15-16-12)8-9-4-2-3-5-10(9)13/h2-7H,8H2,1H3. The highest BCUT2D eigenvalue weighted by Crippen LogP contribution is 2.19. The quantitative estimate of drug-likeness (QED) is 0.854. The van der Waals surface area contributed by atoms with Gasteiger partial charge in [0.1, 0.15) is 0 Å². The van der Waals surface area contributed by atoms with Crippen LogP contribution in [0.2, 0.25) is 10.2 Å². The summed E-state index contributed by atoms with van der Waals surface area (Å²) in [5, 5.41) is 8.95. The van der Waals surface area contributed by atoms with Crippen LogP contribution in [0.25, 0.3) is 0 Å². The van der Waals surface area contributed by atoms with Gasteiger partial charge in [-0.3, -0.25) is 0 Å². The lowest BCUT2D eigenvalue weighted by Gasteiger charge is -2.18. The van der Waals surface area contributed by atoms with Crippen LogP contribution >= 0.6 is 23.2 Å². The van der Waals surface area contributed by atoms with E-state index < -0.39 is 0 Å². The van der Waals surface area contributed by atoms with Gasteiger partial charge in [0.2, 0.25) is 0 Å². The molecule has 17 heavy (non-hydrogen) atoms. The Morgan fingerprint density at radius 1 is 1.06 bits per heavy atom. The van der Waals surface area contributed by atoms with Crippen molar-refractivity contribution in [3.05, 3.63) is 52.1 Å². The maximum atomic E-state index is 6.10. The summed E-state index contributed by atoms with van der Waals surface area (Å²) in [5.74, 6) is 0.759. The normalized spacial score (nSPS) is 10.3. The Kier molecular flexibility index (Phi) is 3.82. The van der Waals surface area contributed by atoms with Gasteiger partial charge in [0.05, 0.1) is 0 Å². The molecule has 5 heteroatoms. The van der Waals surface area contributed by atoms with E-state index in [-0.39, 0.29) is 0 Å². The fourth-order valence-electron chi connectivity index (χ4n) is 1.48. The minimum absolute atomic E-state index is 0.389. The van der Waals surface area contributed by atoms with Crippen LogP contribution in [0.15, 0.2) is 36.4 Å². The van der Waals surface area contributed by atoms with Gasteiger partial charge in [0.15, 0.2) is 11.0 Å². The lowest BCUT2D eigenvalue weighted by Crippen LogP contribution is -2.18. The van der Waals surface area contributed by atoms with E-state index in [0.29, 0.717) is 11.7 Å². The van der Waals surface area contributed by atoms with Crippen LogP contribution < -0.4 is 4.90 Å².